The lowest BCUT2D eigenvalue weighted by atomic mass is 10.1. The number of hydrogen-bond acceptors (Lipinski definition) is 1. The SMILES string of the molecule is C[C@H](N=[N+]=[N-])c1ccc(F)cc1Cl. The van der Waals surface area contributed by atoms with E-state index < -0.39 is 5.82 Å². The third kappa shape index (κ3) is 2.34. The summed E-state index contributed by atoms with van der Waals surface area (Å²) in [6.45, 7) is 1.69. The molecule has 0 aliphatic carbocycles. The average molecular weight is 200 g/mol. The van der Waals surface area contributed by atoms with E-state index in [-0.39, 0.29) is 11.1 Å². The number of rotatable bonds is 2. The smallest absolute Gasteiger partial charge is 0.124 e. The van der Waals surface area contributed by atoms with Crippen LogP contribution < -0.4 is 0 Å². The van der Waals surface area contributed by atoms with Gasteiger partial charge in [-0.25, -0.2) is 4.39 Å². The highest BCUT2D eigenvalue weighted by Gasteiger charge is 2.07. The molecule has 0 saturated heterocycles. The molecular formula is C8H7ClFN3. The monoisotopic (exact) mass is 199 g/mol. The number of hydrogen-bond donors (Lipinski definition) is 0. The molecule has 13 heavy (non-hydrogen) atoms. The molecule has 5 heteroatoms. The van der Waals surface area contributed by atoms with Gasteiger partial charge in [0, 0.05) is 9.93 Å². The van der Waals surface area contributed by atoms with Gasteiger partial charge in [0.05, 0.1) is 6.04 Å². The zero-order valence-corrected chi connectivity index (χ0v) is 7.66. The Morgan fingerprint density at radius 2 is 2.31 bits per heavy atom. The van der Waals surface area contributed by atoms with Crippen molar-refractivity contribution in [3.05, 3.63) is 45.0 Å². The molecule has 0 aliphatic heterocycles. The maximum absolute atomic E-state index is 12.6. The predicted octanol–water partition coefficient (Wildman–Crippen LogP) is 3.85. The molecule has 0 unspecified atom stereocenters. The summed E-state index contributed by atoms with van der Waals surface area (Å²) in [4.78, 5) is 2.65. The van der Waals surface area contributed by atoms with Gasteiger partial charge in [-0.1, -0.05) is 29.7 Å². The van der Waals surface area contributed by atoms with Gasteiger partial charge in [-0.05, 0) is 23.2 Å². The van der Waals surface area contributed by atoms with E-state index in [0.29, 0.717) is 5.56 Å². The number of azide groups is 1. The number of benzene rings is 1. The molecule has 0 spiro atoms. The van der Waals surface area contributed by atoms with E-state index in [1.54, 1.807) is 6.92 Å². The van der Waals surface area contributed by atoms with Crippen LogP contribution in [0.5, 0.6) is 0 Å². The Kier molecular flexibility index (Phi) is 3.12. The Bertz CT molecular complexity index is 360. The second-order valence-electron chi connectivity index (χ2n) is 2.55. The highest BCUT2D eigenvalue weighted by atomic mass is 35.5. The quantitative estimate of drug-likeness (QED) is 0.395. The molecule has 1 aromatic carbocycles. The number of halogens is 2. The zero-order chi connectivity index (χ0) is 9.84. The fourth-order valence-electron chi connectivity index (χ4n) is 0.980. The van der Waals surface area contributed by atoms with Gasteiger partial charge >= 0.3 is 0 Å². The lowest BCUT2D eigenvalue weighted by Crippen LogP contribution is -1.90. The average Bonchev–Trinajstić information content (AvgIpc) is 2.04. The summed E-state index contributed by atoms with van der Waals surface area (Å²) >= 11 is 5.74. The minimum Gasteiger partial charge on any atom is -0.207 e. The topological polar surface area (TPSA) is 48.8 Å². The van der Waals surface area contributed by atoms with Gasteiger partial charge in [0.2, 0.25) is 0 Å². The first-order valence-electron chi connectivity index (χ1n) is 3.64. The molecule has 0 amide bonds. The second kappa shape index (κ2) is 4.12. The highest BCUT2D eigenvalue weighted by molar-refractivity contribution is 6.31. The van der Waals surface area contributed by atoms with Crippen LogP contribution in [0.1, 0.15) is 18.5 Å². The lowest BCUT2D eigenvalue weighted by molar-refractivity contribution is 0.626. The normalized spacial score (nSPS) is 11.9. The summed E-state index contributed by atoms with van der Waals surface area (Å²) in [7, 11) is 0. The Balaban J connectivity index is 3.08. The standard InChI is InChI=1S/C8H7ClFN3/c1-5(12-13-11)7-3-2-6(10)4-8(7)9/h2-5H,1H3/t5-/m0/s1. The summed E-state index contributed by atoms with van der Waals surface area (Å²) in [5.41, 5.74) is 8.81. The molecule has 0 N–H and O–H groups in total. The summed E-state index contributed by atoms with van der Waals surface area (Å²) in [6, 6.07) is 3.61. The van der Waals surface area contributed by atoms with Crippen LogP contribution >= 0.6 is 11.6 Å². The predicted molar refractivity (Wildman–Crippen MR) is 49.0 cm³/mol. The van der Waals surface area contributed by atoms with Gasteiger partial charge in [-0.3, -0.25) is 0 Å². The van der Waals surface area contributed by atoms with Gasteiger partial charge in [-0.15, -0.1) is 0 Å². The van der Waals surface area contributed by atoms with Crippen LogP contribution in [0.3, 0.4) is 0 Å². The molecular weight excluding hydrogens is 193 g/mol. The van der Waals surface area contributed by atoms with E-state index in [9.17, 15) is 4.39 Å². The van der Waals surface area contributed by atoms with Crippen molar-refractivity contribution < 1.29 is 4.39 Å². The molecule has 0 heterocycles. The molecule has 0 fully saturated rings. The Morgan fingerprint density at radius 3 is 2.85 bits per heavy atom. The second-order valence-corrected chi connectivity index (χ2v) is 2.95. The maximum Gasteiger partial charge on any atom is 0.124 e. The van der Waals surface area contributed by atoms with Gasteiger partial charge in [0.1, 0.15) is 5.82 Å². The van der Waals surface area contributed by atoms with Crippen LogP contribution in [0.2, 0.25) is 5.02 Å². The van der Waals surface area contributed by atoms with Gasteiger partial charge in [0.15, 0.2) is 0 Å². The van der Waals surface area contributed by atoms with E-state index in [0.717, 1.165) is 0 Å². The highest BCUT2D eigenvalue weighted by Crippen LogP contribution is 2.25. The van der Waals surface area contributed by atoms with E-state index in [1.165, 1.54) is 18.2 Å². The van der Waals surface area contributed by atoms with E-state index in [2.05, 4.69) is 10.0 Å². The minimum atomic E-state index is -0.401. The molecule has 1 rings (SSSR count). The van der Waals surface area contributed by atoms with Gasteiger partial charge < -0.3 is 0 Å². The fourth-order valence-corrected chi connectivity index (χ4v) is 1.31. The van der Waals surface area contributed by atoms with Gasteiger partial charge in [-0.2, -0.15) is 0 Å². The molecule has 0 aromatic heterocycles. The lowest BCUT2D eigenvalue weighted by Gasteiger charge is -2.06. The molecule has 0 saturated carbocycles. The molecule has 68 valence electrons. The first-order valence-corrected chi connectivity index (χ1v) is 4.02. The first-order chi connectivity index (χ1) is 6.15. The van der Waals surface area contributed by atoms with Crippen molar-refractivity contribution in [3.8, 4) is 0 Å². The van der Waals surface area contributed by atoms with E-state index in [4.69, 9.17) is 17.1 Å². The van der Waals surface area contributed by atoms with Crippen LogP contribution in [-0.2, 0) is 0 Å². The Hall–Kier alpha value is -1.25. The van der Waals surface area contributed by atoms with Crippen LogP contribution in [0.25, 0.3) is 10.4 Å². The first kappa shape index (κ1) is 9.84. The maximum atomic E-state index is 12.6. The van der Waals surface area contributed by atoms with Gasteiger partial charge in [0.25, 0.3) is 0 Å². The molecule has 1 aromatic rings. The summed E-state index contributed by atoms with van der Waals surface area (Å²) in [5, 5.41) is 3.74. The summed E-state index contributed by atoms with van der Waals surface area (Å²) < 4.78 is 12.6. The van der Waals surface area contributed by atoms with Crippen LogP contribution in [0, 0.1) is 5.82 Å². The van der Waals surface area contributed by atoms with Crippen molar-refractivity contribution in [2.75, 3.05) is 0 Å². The van der Waals surface area contributed by atoms with Crippen LogP contribution in [0.15, 0.2) is 23.3 Å². The molecule has 0 radical (unpaired) electrons. The summed E-state index contributed by atoms with van der Waals surface area (Å²) in [6.07, 6.45) is 0. The Labute approximate surface area is 79.8 Å². The van der Waals surface area contributed by atoms with Crippen molar-refractivity contribution in [2.45, 2.75) is 13.0 Å². The van der Waals surface area contributed by atoms with E-state index >= 15 is 0 Å². The Morgan fingerprint density at radius 1 is 1.62 bits per heavy atom. The third-order valence-electron chi connectivity index (χ3n) is 1.64. The van der Waals surface area contributed by atoms with Crippen molar-refractivity contribution in [2.24, 2.45) is 5.11 Å². The minimum absolute atomic E-state index is 0.278. The van der Waals surface area contributed by atoms with E-state index in [1.807, 2.05) is 0 Å². The van der Waals surface area contributed by atoms with Crippen LogP contribution in [-0.4, -0.2) is 0 Å². The van der Waals surface area contributed by atoms with Crippen molar-refractivity contribution in [3.63, 3.8) is 0 Å². The fraction of sp³-hybridized carbons (Fsp3) is 0.250. The third-order valence-corrected chi connectivity index (χ3v) is 1.96. The molecule has 0 bridgehead atoms. The van der Waals surface area contributed by atoms with Crippen molar-refractivity contribution in [1.29, 1.82) is 0 Å². The zero-order valence-electron chi connectivity index (χ0n) is 6.91. The molecule has 0 aliphatic rings. The van der Waals surface area contributed by atoms with Crippen molar-refractivity contribution >= 4 is 11.6 Å². The number of nitrogens with zero attached hydrogens (tertiary/aromatic N) is 3. The largest absolute Gasteiger partial charge is 0.207 e. The summed E-state index contributed by atoms with van der Waals surface area (Å²) in [5.74, 6) is -0.401. The van der Waals surface area contributed by atoms with Crippen LogP contribution in [0.4, 0.5) is 4.39 Å². The molecule has 3 nitrogen and oxygen atoms in total. The molecule has 1 atom stereocenters. The van der Waals surface area contributed by atoms with Crippen molar-refractivity contribution in [1.82, 2.24) is 0 Å².